The summed E-state index contributed by atoms with van der Waals surface area (Å²) in [4.78, 5) is 0. The minimum atomic E-state index is -0.543. The van der Waals surface area contributed by atoms with Gasteiger partial charge in [0.25, 0.3) is 0 Å². The van der Waals surface area contributed by atoms with E-state index in [1.165, 1.54) is 31.3 Å². The Bertz CT molecular complexity index is 421. The average molecular weight is 309 g/mol. The fraction of sp³-hybridized carbons (Fsp3) is 0.900. The first-order valence-electron chi connectivity index (χ1n) is 9.12. The molecule has 0 aromatic rings. The number of hydrogen-bond donors (Lipinski definition) is 2. The summed E-state index contributed by atoms with van der Waals surface area (Å²) in [5.41, 5.74) is 1.36. The third kappa shape index (κ3) is 3.28. The summed E-state index contributed by atoms with van der Waals surface area (Å²) in [6.07, 6.45) is 9.90. The molecule has 22 heavy (non-hydrogen) atoms. The van der Waals surface area contributed by atoms with E-state index in [2.05, 4.69) is 34.6 Å². The molecule has 2 heteroatoms. The fourth-order valence-corrected chi connectivity index (χ4v) is 5.90. The molecule has 0 saturated heterocycles. The molecule has 128 valence electrons. The molecule has 0 aromatic heterocycles. The van der Waals surface area contributed by atoms with E-state index in [0.29, 0.717) is 11.3 Å². The quantitative estimate of drug-likeness (QED) is 0.739. The van der Waals surface area contributed by atoms with Crippen molar-refractivity contribution >= 4 is 0 Å². The summed E-state index contributed by atoms with van der Waals surface area (Å²) in [7, 11) is 0. The predicted octanol–water partition coefficient (Wildman–Crippen LogP) is 4.70. The number of rotatable bonds is 4. The molecule has 2 aliphatic carbocycles. The molecule has 2 nitrogen and oxygen atoms in total. The maximum absolute atomic E-state index is 11.1. The minimum Gasteiger partial charge on any atom is -0.392 e. The van der Waals surface area contributed by atoms with Crippen molar-refractivity contribution in [3.05, 3.63) is 11.6 Å². The van der Waals surface area contributed by atoms with Gasteiger partial charge in [-0.05, 0) is 75.0 Å². The number of fused-ring (bicyclic) bond motifs is 1. The van der Waals surface area contributed by atoms with Crippen LogP contribution in [0.25, 0.3) is 0 Å². The van der Waals surface area contributed by atoms with Gasteiger partial charge < -0.3 is 10.2 Å². The second kappa shape index (κ2) is 6.28. The van der Waals surface area contributed by atoms with Crippen molar-refractivity contribution in [2.24, 2.45) is 22.7 Å². The summed E-state index contributed by atoms with van der Waals surface area (Å²) < 4.78 is 0. The zero-order chi connectivity index (χ0) is 16.6. The van der Waals surface area contributed by atoms with Gasteiger partial charge in [0, 0.05) is 0 Å². The van der Waals surface area contributed by atoms with Crippen LogP contribution in [0.2, 0.25) is 0 Å². The van der Waals surface area contributed by atoms with Gasteiger partial charge in [-0.25, -0.2) is 0 Å². The van der Waals surface area contributed by atoms with E-state index in [9.17, 15) is 5.11 Å². The van der Waals surface area contributed by atoms with Gasteiger partial charge in [-0.2, -0.15) is 0 Å². The zero-order valence-corrected chi connectivity index (χ0v) is 15.3. The van der Waals surface area contributed by atoms with Crippen LogP contribution in [-0.4, -0.2) is 22.4 Å². The molecular weight excluding hydrogens is 272 g/mol. The number of allylic oxidation sites excluding steroid dienone is 1. The monoisotopic (exact) mass is 308 g/mol. The van der Waals surface area contributed by atoms with E-state index in [1.807, 2.05) is 6.08 Å². The average Bonchev–Trinajstić information content (AvgIpc) is 2.36. The number of aliphatic hydroxyl groups excluding tert-OH is 1. The van der Waals surface area contributed by atoms with Crippen molar-refractivity contribution in [3.8, 4) is 0 Å². The smallest absolute Gasteiger partial charge is 0.0653 e. The third-order valence-corrected chi connectivity index (χ3v) is 7.03. The Labute approximate surface area is 137 Å². The largest absolute Gasteiger partial charge is 0.392 e. The van der Waals surface area contributed by atoms with Gasteiger partial charge in [0.05, 0.1) is 12.2 Å². The molecule has 0 radical (unpaired) electrons. The molecular formula is C20H36O2. The van der Waals surface area contributed by atoms with Crippen molar-refractivity contribution in [1.82, 2.24) is 0 Å². The van der Waals surface area contributed by atoms with Crippen LogP contribution >= 0.6 is 0 Å². The Morgan fingerprint density at radius 2 is 1.82 bits per heavy atom. The van der Waals surface area contributed by atoms with Crippen LogP contribution in [0, 0.1) is 22.7 Å². The van der Waals surface area contributed by atoms with Crippen molar-refractivity contribution < 1.29 is 10.2 Å². The van der Waals surface area contributed by atoms with Crippen LogP contribution in [0.4, 0.5) is 0 Å². The highest BCUT2D eigenvalue weighted by atomic mass is 16.3. The van der Waals surface area contributed by atoms with Crippen LogP contribution < -0.4 is 0 Å². The van der Waals surface area contributed by atoms with E-state index in [1.54, 1.807) is 0 Å². The molecule has 0 amide bonds. The maximum atomic E-state index is 11.1. The molecule has 2 aliphatic rings. The molecule has 2 saturated carbocycles. The summed E-state index contributed by atoms with van der Waals surface area (Å²) in [5.74, 6) is 1.08. The lowest BCUT2D eigenvalue weighted by Gasteiger charge is -2.61. The summed E-state index contributed by atoms with van der Waals surface area (Å²) in [6.45, 7) is 11.6. The van der Waals surface area contributed by atoms with E-state index < -0.39 is 5.60 Å². The van der Waals surface area contributed by atoms with Gasteiger partial charge in [-0.15, -0.1) is 0 Å². The second-order valence-corrected chi connectivity index (χ2v) is 9.12. The molecule has 2 fully saturated rings. The van der Waals surface area contributed by atoms with E-state index >= 15 is 0 Å². The van der Waals surface area contributed by atoms with Crippen LogP contribution in [0.1, 0.15) is 79.6 Å². The normalized spacial score (nSPS) is 42.0. The fourth-order valence-electron chi connectivity index (χ4n) is 5.90. The van der Waals surface area contributed by atoms with Gasteiger partial charge in [0.2, 0.25) is 0 Å². The lowest BCUT2D eigenvalue weighted by atomic mass is 9.45. The summed E-state index contributed by atoms with van der Waals surface area (Å²) >= 11 is 0. The van der Waals surface area contributed by atoms with Gasteiger partial charge in [0.15, 0.2) is 0 Å². The molecule has 0 aliphatic heterocycles. The third-order valence-electron chi connectivity index (χ3n) is 7.03. The minimum absolute atomic E-state index is 0.125. The first-order chi connectivity index (χ1) is 10.1. The van der Waals surface area contributed by atoms with Gasteiger partial charge >= 0.3 is 0 Å². The van der Waals surface area contributed by atoms with Crippen LogP contribution in [0.5, 0.6) is 0 Å². The van der Waals surface area contributed by atoms with Crippen LogP contribution in [0.15, 0.2) is 11.6 Å². The molecule has 4 atom stereocenters. The second-order valence-electron chi connectivity index (χ2n) is 9.12. The summed E-state index contributed by atoms with van der Waals surface area (Å²) in [5, 5.41) is 20.1. The van der Waals surface area contributed by atoms with Crippen LogP contribution in [-0.2, 0) is 0 Å². The highest BCUT2D eigenvalue weighted by molar-refractivity contribution is 5.09. The van der Waals surface area contributed by atoms with Crippen molar-refractivity contribution in [3.63, 3.8) is 0 Å². The molecule has 0 bridgehead atoms. The predicted molar refractivity (Wildman–Crippen MR) is 92.7 cm³/mol. The standard InChI is InChI=1S/C20H36O2/c1-15(10-14-21)7-8-17-19(4)12-6-11-18(2,3)16(19)9-13-20(17,5)22/h10,16-17,21-22H,6-9,11-14H2,1-5H3/b15-10-/t16?,17?,19-,20+/m0/s1. The molecule has 2 rings (SSSR count). The van der Waals surface area contributed by atoms with E-state index in [-0.39, 0.29) is 12.0 Å². The van der Waals surface area contributed by atoms with Gasteiger partial charge in [0.1, 0.15) is 0 Å². The van der Waals surface area contributed by atoms with Gasteiger partial charge in [-0.1, -0.05) is 38.8 Å². The Hall–Kier alpha value is -0.340. The topological polar surface area (TPSA) is 40.5 Å². The Kier molecular flexibility index (Phi) is 5.14. The Balaban J connectivity index is 2.24. The highest BCUT2D eigenvalue weighted by Gasteiger charge is 2.57. The zero-order valence-electron chi connectivity index (χ0n) is 15.3. The van der Waals surface area contributed by atoms with E-state index in [4.69, 9.17) is 5.11 Å². The van der Waals surface area contributed by atoms with Crippen LogP contribution in [0.3, 0.4) is 0 Å². The lowest BCUT2D eigenvalue weighted by Crippen LogP contribution is -2.57. The summed E-state index contributed by atoms with van der Waals surface area (Å²) in [6, 6.07) is 0. The Morgan fingerprint density at radius 1 is 1.14 bits per heavy atom. The first kappa shape index (κ1) is 18.0. The molecule has 2 N–H and O–H groups in total. The first-order valence-corrected chi connectivity index (χ1v) is 9.12. The van der Waals surface area contributed by atoms with Crippen molar-refractivity contribution in [1.29, 1.82) is 0 Å². The highest BCUT2D eigenvalue weighted by Crippen LogP contribution is 2.62. The molecule has 0 heterocycles. The van der Waals surface area contributed by atoms with Gasteiger partial charge in [-0.3, -0.25) is 0 Å². The molecule has 0 spiro atoms. The number of hydrogen-bond acceptors (Lipinski definition) is 2. The molecule has 0 aromatic carbocycles. The lowest BCUT2D eigenvalue weighted by molar-refractivity contribution is -0.168. The van der Waals surface area contributed by atoms with E-state index in [0.717, 1.165) is 25.2 Å². The number of aliphatic hydroxyl groups is 2. The maximum Gasteiger partial charge on any atom is 0.0653 e. The SMILES string of the molecule is C/C(=C/CO)CCC1[C@@]2(C)CCCC(C)(C)C2CC[C@@]1(C)O. The Morgan fingerprint density at radius 3 is 2.45 bits per heavy atom. The molecule has 2 unspecified atom stereocenters. The van der Waals surface area contributed by atoms with Crippen molar-refractivity contribution in [2.45, 2.75) is 85.2 Å². The van der Waals surface area contributed by atoms with Crippen molar-refractivity contribution in [2.75, 3.05) is 6.61 Å².